The zero-order valence-electron chi connectivity index (χ0n) is 11.9. The van der Waals surface area contributed by atoms with E-state index in [1.165, 1.54) is 10.9 Å². The van der Waals surface area contributed by atoms with Gasteiger partial charge in [0.15, 0.2) is 5.82 Å². The summed E-state index contributed by atoms with van der Waals surface area (Å²) in [6.07, 6.45) is 2.91. The van der Waals surface area contributed by atoms with Gasteiger partial charge in [-0.2, -0.15) is 9.78 Å². The van der Waals surface area contributed by atoms with Gasteiger partial charge in [-0.1, -0.05) is 0 Å². The Morgan fingerprint density at radius 2 is 2.17 bits per heavy atom. The molecule has 0 spiro atoms. The summed E-state index contributed by atoms with van der Waals surface area (Å²) >= 11 is 0. The molecule has 3 heterocycles. The number of nitrogen functional groups attached to an aromatic ring is 2. The molecule has 0 saturated heterocycles. The summed E-state index contributed by atoms with van der Waals surface area (Å²) in [5, 5.41) is 15.1. The smallest absolute Gasteiger partial charge is 0.270 e. The van der Waals surface area contributed by atoms with Crippen molar-refractivity contribution in [2.45, 2.75) is 6.54 Å². The Kier molecular flexibility index (Phi) is 3.89. The minimum Gasteiger partial charge on any atom is -0.467 e. The second-order valence-electron chi connectivity index (χ2n) is 4.54. The van der Waals surface area contributed by atoms with Crippen LogP contribution in [0.4, 0.5) is 11.6 Å². The van der Waals surface area contributed by atoms with E-state index < -0.39 is 5.91 Å². The van der Waals surface area contributed by atoms with Crippen LogP contribution in [0.3, 0.4) is 0 Å². The number of nitrogens with zero attached hydrogens (tertiary/aromatic N) is 4. The van der Waals surface area contributed by atoms with E-state index in [9.17, 15) is 4.79 Å². The lowest BCUT2D eigenvalue weighted by Crippen LogP contribution is -2.30. The maximum atomic E-state index is 11.5. The van der Waals surface area contributed by atoms with Gasteiger partial charge in [-0.05, 0) is 24.3 Å². The molecule has 1 amide bonds. The molecular formula is C13H14N8O2. The largest absolute Gasteiger partial charge is 0.467 e. The maximum absolute atomic E-state index is 11.5. The number of hydrogen-bond donors (Lipinski definition) is 4. The summed E-state index contributed by atoms with van der Waals surface area (Å²) in [7, 11) is 0. The lowest BCUT2D eigenvalue weighted by atomic mass is 10.3. The first kappa shape index (κ1) is 14.5. The monoisotopic (exact) mass is 314 g/mol. The highest BCUT2D eigenvalue weighted by atomic mass is 16.3. The Hall–Kier alpha value is -3.40. The van der Waals surface area contributed by atoms with Crippen molar-refractivity contribution in [1.29, 1.82) is 0 Å². The molecule has 0 aromatic carbocycles. The summed E-state index contributed by atoms with van der Waals surface area (Å²) in [5.74, 6) is 6.40. The summed E-state index contributed by atoms with van der Waals surface area (Å²) in [5.41, 5.74) is 8.02. The van der Waals surface area contributed by atoms with Crippen LogP contribution in [0.2, 0.25) is 0 Å². The third kappa shape index (κ3) is 2.96. The van der Waals surface area contributed by atoms with E-state index in [1.54, 1.807) is 24.5 Å². The fourth-order valence-corrected chi connectivity index (χ4v) is 1.92. The fraction of sp³-hybridized carbons (Fsp3) is 0.0769. The van der Waals surface area contributed by atoms with Gasteiger partial charge >= 0.3 is 0 Å². The average Bonchev–Trinajstić information content (AvgIpc) is 3.22. The third-order valence-corrected chi connectivity index (χ3v) is 3.07. The number of carbonyl (C=O) groups excluding carboxylic acids is 1. The maximum Gasteiger partial charge on any atom is 0.270 e. The van der Waals surface area contributed by atoms with E-state index in [-0.39, 0.29) is 11.4 Å². The molecule has 0 aliphatic heterocycles. The number of carbonyl (C=O) groups is 1. The minimum absolute atomic E-state index is 0.124. The van der Waals surface area contributed by atoms with Crippen LogP contribution >= 0.6 is 0 Å². The lowest BCUT2D eigenvalue weighted by Gasteiger charge is -2.05. The average molecular weight is 314 g/mol. The predicted octanol–water partition coefficient (Wildman–Crippen LogP) is 0.0531. The van der Waals surface area contributed by atoms with Gasteiger partial charge in [-0.3, -0.25) is 10.2 Å². The molecule has 118 valence electrons. The second kappa shape index (κ2) is 6.15. The number of hydrogen-bond acceptors (Lipinski definition) is 8. The number of rotatable bonds is 5. The van der Waals surface area contributed by atoms with Gasteiger partial charge in [-0.25, -0.2) is 5.84 Å². The molecule has 0 unspecified atom stereocenters. The van der Waals surface area contributed by atoms with Gasteiger partial charge in [0.25, 0.3) is 5.91 Å². The SMILES string of the molecule is NNC(=O)c1cnn(-c2ccc(NCc3ccco3)nn2)c1N. The molecule has 10 nitrogen and oxygen atoms in total. The van der Waals surface area contributed by atoms with Crippen LogP contribution in [0.5, 0.6) is 0 Å². The number of aromatic nitrogens is 4. The number of nitrogens with one attached hydrogen (secondary N) is 2. The molecule has 3 aromatic heterocycles. The highest BCUT2D eigenvalue weighted by Crippen LogP contribution is 2.16. The first-order valence-electron chi connectivity index (χ1n) is 6.64. The van der Waals surface area contributed by atoms with Crippen molar-refractivity contribution in [3.63, 3.8) is 0 Å². The number of anilines is 2. The molecule has 0 radical (unpaired) electrons. The molecule has 10 heteroatoms. The topological polar surface area (TPSA) is 150 Å². The van der Waals surface area contributed by atoms with Crippen molar-refractivity contribution in [1.82, 2.24) is 25.4 Å². The van der Waals surface area contributed by atoms with Crippen molar-refractivity contribution in [3.05, 3.63) is 48.0 Å². The molecule has 0 fully saturated rings. The molecule has 0 aliphatic carbocycles. The van der Waals surface area contributed by atoms with Crippen LogP contribution in [0.25, 0.3) is 5.82 Å². The van der Waals surface area contributed by atoms with Gasteiger partial charge in [0.05, 0.1) is 19.0 Å². The number of furan rings is 1. The molecule has 0 atom stereocenters. The number of hydrazine groups is 1. The molecular weight excluding hydrogens is 300 g/mol. The molecule has 0 bridgehead atoms. The molecule has 0 saturated carbocycles. The zero-order chi connectivity index (χ0) is 16.2. The van der Waals surface area contributed by atoms with Crippen LogP contribution < -0.4 is 22.3 Å². The second-order valence-corrected chi connectivity index (χ2v) is 4.54. The summed E-state index contributed by atoms with van der Waals surface area (Å²) < 4.78 is 6.51. The van der Waals surface area contributed by atoms with Crippen molar-refractivity contribution < 1.29 is 9.21 Å². The van der Waals surface area contributed by atoms with E-state index in [0.29, 0.717) is 18.2 Å². The van der Waals surface area contributed by atoms with Crippen LogP contribution in [-0.2, 0) is 6.54 Å². The Morgan fingerprint density at radius 3 is 2.83 bits per heavy atom. The van der Waals surface area contributed by atoms with Crippen molar-refractivity contribution in [2.24, 2.45) is 5.84 Å². The van der Waals surface area contributed by atoms with Gasteiger partial charge in [0, 0.05) is 0 Å². The first-order valence-corrected chi connectivity index (χ1v) is 6.64. The van der Waals surface area contributed by atoms with Crippen LogP contribution in [0.1, 0.15) is 16.1 Å². The molecule has 23 heavy (non-hydrogen) atoms. The van der Waals surface area contributed by atoms with E-state index >= 15 is 0 Å². The number of nitrogens with two attached hydrogens (primary N) is 2. The quantitative estimate of drug-likeness (QED) is 0.293. The zero-order valence-corrected chi connectivity index (χ0v) is 11.9. The molecule has 3 rings (SSSR count). The Morgan fingerprint density at radius 1 is 1.30 bits per heavy atom. The van der Waals surface area contributed by atoms with Gasteiger partial charge < -0.3 is 15.5 Å². The lowest BCUT2D eigenvalue weighted by molar-refractivity contribution is 0.0954. The van der Waals surface area contributed by atoms with E-state index in [2.05, 4.69) is 20.6 Å². The van der Waals surface area contributed by atoms with Gasteiger partial charge in [-0.15, -0.1) is 10.2 Å². The summed E-state index contributed by atoms with van der Waals surface area (Å²) in [4.78, 5) is 11.5. The van der Waals surface area contributed by atoms with E-state index in [4.69, 9.17) is 16.0 Å². The van der Waals surface area contributed by atoms with Gasteiger partial charge in [0.2, 0.25) is 0 Å². The first-order chi connectivity index (χ1) is 11.2. The Labute approximate surface area is 130 Å². The van der Waals surface area contributed by atoms with Crippen molar-refractivity contribution in [2.75, 3.05) is 11.1 Å². The minimum atomic E-state index is -0.529. The van der Waals surface area contributed by atoms with Crippen LogP contribution in [-0.4, -0.2) is 25.9 Å². The van der Waals surface area contributed by atoms with E-state index in [1.807, 2.05) is 11.5 Å². The van der Waals surface area contributed by atoms with E-state index in [0.717, 1.165) is 5.76 Å². The summed E-state index contributed by atoms with van der Waals surface area (Å²) in [6, 6.07) is 7.05. The molecule has 3 aromatic rings. The predicted molar refractivity (Wildman–Crippen MR) is 81.3 cm³/mol. The van der Waals surface area contributed by atoms with Gasteiger partial charge in [0.1, 0.15) is 23.0 Å². The van der Waals surface area contributed by atoms with Crippen molar-refractivity contribution >= 4 is 17.5 Å². The molecule has 6 N–H and O–H groups in total. The van der Waals surface area contributed by atoms with Crippen LogP contribution in [0.15, 0.2) is 41.1 Å². The Balaban J connectivity index is 1.74. The highest BCUT2D eigenvalue weighted by molar-refractivity contribution is 5.98. The highest BCUT2D eigenvalue weighted by Gasteiger charge is 2.15. The standard InChI is InChI=1S/C13H14N8O2/c14-12-9(13(22)18-15)7-17-21(12)11-4-3-10(19-20-11)16-6-8-2-1-5-23-8/h1-5,7H,6,14-15H2,(H,16,19)(H,18,22). The van der Waals surface area contributed by atoms with Crippen molar-refractivity contribution in [3.8, 4) is 5.82 Å². The third-order valence-electron chi connectivity index (χ3n) is 3.07. The van der Waals surface area contributed by atoms with Crippen LogP contribution in [0, 0.1) is 0 Å². The normalized spacial score (nSPS) is 10.5. The summed E-state index contributed by atoms with van der Waals surface area (Å²) in [6.45, 7) is 0.492. The molecule has 0 aliphatic rings. The fourth-order valence-electron chi connectivity index (χ4n) is 1.92. The Bertz CT molecular complexity index is 794. The number of amides is 1.